The Balaban J connectivity index is 8.16. The maximum absolute atomic E-state index is 13.8. The van der Waals surface area contributed by atoms with Crippen LogP contribution in [0.3, 0.4) is 0 Å². The van der Waals surface area contributed by atoms with E-state index in [2.05, 4.69) is 0 Å². The van der Waals surface area contributed by atoms with E-state index in [1.165, 1.54) is 0 Å². The van der Waals surface area contributed by atoms with Gasteiger partial charge in [0.15, 0.2) is 0 Å². The first kappa shape index (κ1) is 38.4. The van der Waals surface area contributed by atoms with E-state index in [1.807, 2.05) is 0 Å². The molecule has 0 heterocycles. The van der Waals surface area contributed by atoms with Gasteiger partial charge < -0.3 is 0 Å². The Morgan fingerprint density at radius 2 is 0.525 bits per heavy atom. The third kappa shape index (κ3) is 4.80. The molecule has 0 aromatic heterocycles. The van der Waals surface area contributed by atoms with Gasteiger partial charge in [0.25, 0.3) is 33.4 Å². The SMILES string of the molecule is O=S(=O)(C(S(=O)(=O)C(F)(F)C(F)(F)C(F)(F)C(F)(F)F)S(=O)(=O)C(F)(F)C(F)(F)C(F)(F)C(F)(F)F)C(F)(F)F. The highest BCUT2D eigenvalue weighted by atomic mass is 32.3. The Labute approximate surface area is 203 Å². The van der Waals surface area contributed by atoms with Crippen molar-refractivity contribution in [2.24, 2.45) is 0 Å². The number of hydrogen-bond donors (Lipinski definition) is 0. The van der Waals surface area contributed by atoms with E-state index in [4.69, 9.17) is 0 Å². The molecule has 0 saturated carbocycles. The second kappa shape index (κ2) is 9.19. The van der Waals surface area contributed by atoms with Crippen molar-refractivity contribution in [1.82, 2.24) is 0 Å². The molecule has 0 aromatic rings. The molecule has 0 bridgehead atoms. The molecule has 242 valence electrons. The Morgan fingerprint density at radius 3 is 0.675 bits per heavy atom. The molecule has 0 saturated heterocycles. The van der Waals surface area contributed by atoms with E-state index < -0.39 is 85.5 Å². The Kier molecular flexibility index (Phi) is 8.82. The van der Waals surface area contributed by atoms with Crippen LogP contribution in [0.15, 0.2) is 0 Å². The summed E-state index contributed by atoms with van der Waals surface area (Å²) in [5.41, 5.74) is -8.12. The van der Waals surface area contributed by atoms with Gasteiger partial charge in [-0.2, -0.15) is 92.2 Å². The van der Waals surface area contributed by atoms with Gasteiger partial charge in [0.1, 0.15) is 0 Å². The van der Waals surface area contributed by atoms with E-state index in [1.54, 1.807) is 0 Å². The van der Waals surface area contributed by atoms with Crippen molar-refractivity contribution >= 4 is 29.5 Å². The summed E-state index contributed by atoms with van der Waals surface area (Å²) >= 11 is 0. The summed E-state index contributed by atoms with van der Waals surface area (Å²) < 4.78 is 332. The van der Waals surface area contributed by atoms with Gasteiger partial charge in [0.05, 0.1) is 0 Å². The fourth-order valence-corrected chi connectivity index (χ4v) is 9.71. The summed E-state index contributed by atoms with van der Waals surface area (Å²) in [6.45, 7) is 0. The number of alkyl halides is 21. The van der Waals surface area contributed by atoms with Crippen molar-refractivity contribution in [3.8, 4) is 0 Å². The van der Waals surface area contributed by atoms with Gasteiger partial charge in [-0.15, -0.1) is 0 Å². The topological polar surface area (TPSA) is 102 Å². The molecular formula is C10HF21O6S3. The van der Waals surface area contributed by atoms with E-state index >= 15 is 0 Å². The first-order valence-electron chi connectivity index (χ1n) is 7.79. The first-order chi connectivity index (χ1) is 16.6. The minimum absolute atomic E-state index is 7.62. The van der Waals surface area contributed by atoms with Gasteiger partial charge in [-0.25, -0.2) is 25.3 Å². The predicted octanol–water partition coefficient (Wildman–Crippen LogP) is 4.89. The molecule has 0 spiro atoms. The molecule has 0 N–H and O–H groups in total. The summed E-state index contributed by atoms with van der Waals surface area (Å²) in [6.07, 6.45) is -16.3. The van der Waals surface area contributed by atoms with Crippen LogP contribution < -0.4 is 0 Å². The van der Waals surface area contributed by atoms with E-state index in [0.29, 0.717) is 0 Å². The highest BCUT2D eigenvalue weighted by molar-refractivity contribution is 8.25. The van der Waals surface area contributed by atoms with Crippen molar-refractivity contribution < 1.29 is 117 Å². The van der Waals surface area contributed by atoms with Crippen LogP contribution in [0.2, 0.25) is 0 Å². The van der Waals surface area contributed by atoms with Gasteiger partial charge in [0.2, 0.25) is 0 Å². The van der Waals surface area contributed by atoms with E-state index in [-0.39, 0.29) is 0 Å². The molecule has 6 nitrogen and oxygen atoms in total. The molecule has 0 aliphatic heterocycles. The largest absolute Gasteiger partial charge is 0.499 e. The molecule has 0 atom stereocenters. The fraction of sp³-hybridized carbons (Fsp3) is 1.00. The van der Waals surface area contributed by atoms with Crippen LogP contribution in [-0.4, -0.2) is 81.2 Å². The smallest absolute Gasteiger partial charge is 0.220 e. The van der Waals surface area contributed by atoms with Crippen molar-refractivity contribution in [2.45, 2.75) is 56.0 Å². The van der Waals surface area contributed by atoms with E-state index in [0.717, 1.165) is 0 Å². The first-order valence-corrected chi connectivity index (χ1v) is 12.4. The fourth-order valence-electron chi connectivity index (χ4n) is 1.93. The van der Waals surface area contributed by atoms with E-state index in [9.17, 15) is 117 Å². The van der Waals surface area contributed by atoms with Crippen LogP contribution >= 0.6 is 0 Å². The average Bonchev–Trinajstić information content (AvgIpc) is 2.63. The lowest BCUT2D eigenvalue weighted by atomic mass is 10.1. The Hall–Kier alpha value is -1.62. The number of rotatable bonds is 9. The van der Waals surface area contributed by atoms with Crippen LogP contribution in [-0.2, 0) is 29.5 Å². The number of hydrogen-bond acceptors (Lipinski definition) is 6. The van der Waals surface area contributed by atoms with Crippen molar-refractivity contribution in [1.29, 1.82) is 0 Å². The summed E-state index contributed by atoms with van der Waals surface area (Å²) in [7, 11) is -29.5. The average molecular weight is 712 g/mol. The molecule has 0 amide bonds. The lowest BCUT2D eigenvalue weighted by Gasteiger charge is -2.37. The molecule has 0 aliphatic rings. The van der Waals surface area contributed by atoms with Crippen LogP contribution in [0, 0.1) is 0 Å². The van der Waals surface area contributed by atoms with Crippen molar-refractivity contribution in [3.63, 3.8) is 0 Å². The minimum atomic E-state index is -10.0. The third-order valence-corrected chi connectivity index (χ3v) is 12.7. The number of sulfone groups is 3. The van der Waals surface area contributed by atoms with Gasteiger partial charge in [-0.05, 0) is 0 Å². The van der Waals surface area contributed by atoms with Crippen LogP contribution in [0.25, 0.3) is 0 Å². The maximum Gasteiger partial charge on any atom is 0.499 e. The molecular weight excluding hydrogens is 711 g/mol. The molecule has 0 unspecified atom stereocenters. The summed E-state index contributed by atoms with van der Waals surface area (Å²) in [4.78, 5) is 0. The molecule has 30 heteroatoms. The molecule has 0 aliphatic carbocycles. The highest BCUT2D eigenvalue weighted by Crippen LogP contribution is 2.59. The Morgan fingerprint density at radius 1 is 0.325 bits per heavy atom. The lowest BCUT2D eigenvalue weighted by molar-refractivity contribution is -0.382. The zero-order valence-corrected chi connectivity index (χ0v) is 19.1. The number of halogens is 21. The van der Waals surface area contributed by atoms with Gasteiger partial charge in [-0.1, -0.05) is 0 Å². The van der Waals surface area contributed by atoms with Gasteiger partial charge >= 0.3 is 52.1 Å². The minimum Gasteiger partial charge on any atom is -0.220 e. The lowest BCUT2D eigenvalue weighted by Crippen LogP contribution is -2.69. The van der Waals surface area contributed by atoms with Gasteiger partial charge in [0, 0.05) is 0 Å². The zero-order chi connectivity index (χ0) is 33.6. The summed E-state index contributed by atoms with van der Waals surface area (Å²) in [5, 5.41) is -18.1. The normalized spacial score (nSPS) is 16.9. The molecule has 0 radical (unpaired) electrons. The van der Waals surface area contributed by atoms with Crippen LogP contribution in [0.1, 0.15) is 0 Å². The van der Waals surface area contributed by atoms with Gasteiger partial charge in [-0.3, -0.25) is 0 Å². The predicted molar refractivity (Wildman–Crippen MR) is 78.4 cm³/mol. The summed E-state index contributed by atoms with van der Waals surface area (Å²) in [6, 6.07) is 0. The van der Waals surface area contributed by atoms with Crippen LogP contribution in [0.4, 0.5) is 92.2 Å². The molecule has 0 fully saturated rings. The zero-order valence-electron chi connectivity index (χ0n) is 16.7. The van der Waals surface area contributed by atoms with Crippen molar-refractivity contribution in [2.75, 3.05) is 0 Å². The Bertz CT molecular complexity index is 1220. The van der Waals surface area contributed by atoms with Crippen LogP contribution in [0.5, 0.6) is 0 Å². The van der Waals surface area contributed by atoms with Crippen molar-refractivity contribution in [3.05, 3.63) is 0 Å². The highest BCUT2D eigenvalue weighted by Gasteiger charge is 2.91. The quantitative estimate of drug-likeness (QED) is 0.316. The second-order valence-electron chi connectivity index (χ2n) is 6.70. The summed E-state index contributed by atoms with van der Waals surface area (Å²) in [5.74, 6) is -35.1. The maximum atomic E-state index is 13.8. The standard InChI is InChI=1S/C10HF21O6S3/c11-2(12,6(19,20)21)4(15,16)8(25,26)38(32,33)1(40(36,37)10(29,30)31)39(34,35)9(27,28)5(17,18)3(13,14)7(22,23)24/h1H. The molecule has 0 rings (SSSR count). The monoisotopic (exact) mass is 712 g/mol. The second-order valence-corrected chi connectivity index (χ2v) is 13.8. The molecule has 40 heavy (non-hydrogen) atoms. The third-order valence-electron chi connectivity index (χ3n) is 4.03. The molecule has 0 aromatic carbocycles.